The summed E-state index contributed by atoms with van der Waals surface area (Å²) in [5, 5.41) is 13.1. The molecule has 0 heterocycles. The summed E-state index contributed by atoms with van der Waals surface area (Å²) in [6.07, 6.45) is 5.80. The molecule has 0 amide bonds. The van der Waals surface area contributed by atoms with Crippen LogP contribution in [-0.2, 0) is 10.8 Å². The summed E-state index contributed by atoms with van der Waals surface area (Å²) < 4.78 is 10.7. The van der Waals surface area contributed by atoms with Crippen LogP contribution < -0.4 is 5.32 Å². The van der Waals surface area contributed by atoms with E-state index in [1.54, 1.807) is 6.26 Å². The Morgan fingerprint density at radius 1 is 1.46 bits per heavy atom. The molecule has 78 valence electrons. The summed E-state index contributed by atoms with van der Waals surface area (Å²) in [4.78, 5) is 0. The minimum atomic E-state index is -0.726. The van der Waals surface area contributed by atoms with E-state index >= 15 is 0 Å². The van der Waals surface area contributed by atoms with Crippen molar-refractivity contribution in [1.82, 2.24) is 5.32 Å². The Morgan fingerprint density at radius 2 is 2.08 bits per heavy atom. The lowest BCUT2D eigenvalue weighted by Crippen LogP contribution is -2.39. The average Bonchev–Trinajstić information content (AvgIpc) is 2.47. The van der Waals surface area contributed by atoms with Gasteiger partial charge < -0.3 is 10.4 Å². The van der Waals surface area contributed by atoms with Crippen molar-refractivity contribution in [2.24, 2.45) is 0 Å². The molecule has 0 bridgehead atoms. The predicted molar refractivity (Wildman–Crippen MR) is 55.2 cm³/mol. The highest BCUT2D eigenvalue weighted by atomic mass is 32.2. The third-order valence-corrected chi connectivity index (χ3v) is 3.33. The van der Waals surface area contributed by atoms with Crippen LogP contribution in [0.25, 0.3) is 0 Å². The van der Waals surface area contributed by atoms with E-state index in [0.29, 0.717) is 12.3 Å². The molecule has 3 nitrogen and oxygen atoms in total. The van der Waals surface area contributed by atoms with Gasteiger partial charge in [-0.15, -0.1) is 0 Å². The lowest BCUT2D eigenvalue weighted by molar-refractivity contribution is 0.0484. The van der Waals surface area contributed by atoms with Gasteiger partial charge in [0.1, 0.15) is 0 Å². The molecule has 0 saturated heterocycles. The Kier molecular flexibility index (Phi) is 4.35. The Hall–Kier alpha value is 0.0700. The summed E-state index contributed by atoms with van der Waals surface area (Å²) >= 11 is 0. The minimum absolute atomic E-state index is 0.477. The Labute approximate surface area is 82.4 Å². The first-order valence-electron chi connectivity index (χ1n) is 4.85. The lowest BCUT2D eigenvalue weighted by Gasteiger charge is -2.22. The van der Waals surface area contributed by atoms with E-state index < -0.39 is 16.4 Å². The van der Waals surface area contributed by atoms with Gasteiger partial charge in [0.25, 0.3) is 0 Å². The normalized spacial score (nSPS) is 23.2. The highest BCUT2D eigenvalue weighted by molar-refractivity contribution is 7.84. The van der Waals surface area contributed by atoms with E-state index in [4.69, 9.17) is 0 Å². The molecule has 1 aliphatic rings. The van der Waals surface area contributed by atoms with Crippen molar-refractivity contribution in [3.05, 3.63) is 0 Å². The average molecular weight is 205 g/mol. The second kappa shape index (κ2) is 5.08. The molecule has 1 fully saturated rings. The van der Waals surface area contributed by atoms with E-state index in [-0.39, 0.29) is 0 Å². The molecule has 0 aliphatic heterocycles. The summed E-state index contributed by atoms with van der Waals surface area (Å²) in [5.41, 5.74) is -0.477. The molecule has 0 radical (unpaired) electrons. The Bertz CT molecular complexity index is 178. The van der Waals surface area contributed by atoms with E-state index in [1.165, 1.54) is 0 Å². The fraction of sp³-hybridized carbons (Fsp3) is 1.00. The van der Waals surface area contributed by atoms with E-state index in [0.717, 1.165) is 32.2 Å². The van der Waals surface area contributed by atoms with Crippen LogP contribution in [0.3, 0.4) is 0 Å². The van der Waals surface area contributed by atoms with Gasteiger partial charge in [0, 0.05) is 35.9 Å². The van der Waals surface area contributed by atoms with Gasteiger partial charge >= 0.3 is 0 Å². The van der Waals surface area contributed by atoms with Crippen molar-refractivity contribution in [1.29, 1.82) is 0 Å². The molecule has 1 aliphatic carbocycles. The topological polar surface area (TPSA) is 49.3 Å². The Balaban J connectivity index is 2.07. The molecule has 1 saturated carbocycles. The van der Waals surface area contributed by atoms with Gasteiger partial charge in [-0.05, 0) is 12.8 Å². The minimum Gasteiger partial charge on any atom is -0.389 e. The maximum absolute atomic E-state index is 10.7. The smallest absolute Gasteiger partial charge is 0.0771 e. The zero-order valence-electron chi connectivity index (χ0n) is 8.21. The monoisotopic (exact) mass is 205 g/mol. The SMILES string of the molecule is CS(=O)CCNCC1(O)CCCC1. The van der Waals surface area contributed by atoms with Gasteiger partial charge in [-0.25, -0.2) is 0 Å². The van der Waals surface area contributed by atoms with Gasteiger partial charge in [0.05, 0.1) is 5.60 Å². The maximum atomic E-state index is 10.7. The van der Waals surface area contributed by atoms with Crippen molar-refractivity contribution < 1.29 is 9.32 Å². The Morgan fingerprint density at radius 3 is 2.62 bits per heavy atom. The van der Waals surface area contributed by atoms with Crippen molar-refractivity contribution in [2.45, 2.75) is 31.3 Å². The molecular formula is C9H19NO2S. The first-order valence-corrected chi connectivity index (χ1v) is 6.58. The number of aliphatic hydroxyl groups is 1. The van der Waals surface area contributed by atoms with Gasteiger partial charge in [0.2, 0.25) is 0 Å². The third kappa shape index (κ3) is 4.20. The molecule has 0 spiro atoms. The number of rotatable bonds is 5. The van der Waals surface area contributed by atoms with Crippen LogP contribution in [0.1, 0.15) is 25.7 Å². The molecule has 1 rings (SSSR count). The molecule has 1 unspecified atom stereocenters. The first kappa shape index (κ1) is 11.1. The van der Waals surface area contributed by atoms with Crippen LogP contribution in [0.15, 0.2) is 0 Å². The lowest BCUT2D eigenvalue weighted by atomic mass is 10.0. The highest BCUT2D eigenvalue weighted by Gasteiger charge is 2.30. The van der Waals surface area contributed by atoms with E-state index in [1.807, 2.05) is 0 Å². The predicted octanol–water partition coefficient (Wildman–Crippen LogP) is 0.260. The number of hydrogen-bond acceptors (Lipinski definition) is 3. The van der Waals surface area contributed by atoms with Crippen LogP contribution >= 0.6 is 0 Å². The zero-order chi connectivity index (χ0) is 9.73. The first-order chi connectivity index (χ1) is 6.12. The largest absolute Gasteiger partial charge is 0.389 e. The number of nitrogens with one attached hydrogen (secondary N) is 1. The summed E-state index contributed by atoms with van der Waals surface area (Å²) in [7, 11) is -0.726. The summed E-state index contributed by atoms with van der Waals surface area (Å²) in [6.45, 7) is 1.40. The van der Waals surface area contributed by atoms with Crippen LogP contribution in [0, 0.1) is 0 Å². The van der Waals surface area contributed by atoms with Gasteiger partial charge in [-0.2, -0.15) is 0 Å². The molecule has 2 N–H and O–H groups in total. The van der Waals surface area contributed by atoms with E-state index in [2.05, 4.69) is 5.32 Å². The second-order valence-electron chi connectivity index (χ2n) is 3.89. The van der Waals surface area contributed by atoms with E-state index in [9.17, 15) is 9.32 Å². The van der Waals surface area contributed by atoms with Crippen LogP contribution in [-0.4, -0.2) is 40.0 Å². The fourth-order valence-corrected chi connectivity index (χ4v) is 2.18. The standard InChI is InChI=1S/C9H19NO2S/c1-13(12)7-6-10-8-9(11)4-2-3-5-9/h10-11H,2-8H2,1H3. The maximum Gasteiger partial charge on any atom is 0.0771 e. The van der Waals surface area contributed by atoms with Crippen LogP contribution in [0.5, 0.6) is 0 Å². The summed E-state index contributed by atoms with van der Waals surface area (Å²) in [5.74, 6) is 0.677. The summed E-state index contributed by atoms with van der Waals surface area (Å²) in [6, 6.07) is 0. The molecule has 0 aromatic carbocycles. The zero-order valence-corrected chi connectivity index (χ0v) is 9.03. The van der Waals surface area contributed by atoms with Crippen molar-refractivity contribution in [2.75, 3.05) is 25.1 Å². The fourth-order valence-electron chi connectivity index (χ4n) is 1.75. The third-order valence-electron chi connectivity index (χ3n) is 2.55. The second-order valence-corrected chi connectivity index (χ2v) is 5.44. The van der Waals surface area contributed by atoms with Gasteiger partial charge in [0.15, 0.2) is 0 Å². The molecule has 0 aromatic heterocycles. The van der Waals surface area contributed by atoms with Crippen LogP contribution in [0.2, 0.25) is 0 Å². The van der Waals surface area contributed by atoms with Crippen molar-refractivity contribution in [3.63, 3.8) is 0 Å². The molecular weight excluding hydrogens is 186 g/mol. The van der Waals surface area contributed by atoms with Crippen molar-refractivity contribution in [3.8, 4) is 0 Å². The molecule has 0 aromatic rings. The molecule has 4 heteroatoms. The van der Waals surface area contributed by atoms with Gasteiger partial charge in [-0.3, -0.25) is 4.21 Å². The molecule has 1 atom stereocenters. The van der Waals surface area contributed by atoms with Crippen LogP contribution in [0.4, 0.5) is 0 Å². The highest BCUT2D eigenvalue weighted by Crippen LogP contribution is 2.28. The number of hydrogen-bond donors (Lipinski definition) is 2. The van der Waals surface area contributed by atoms with Crippen molar-refractivity contribution >= 4 is 10.8 Å². The quantitative estimate of drug-likeness (QED) is 0.633. The molecule has 13 heavy (non-hydrogen) atoms. The van der Waals surface area contributed by atoms with Gasteiger partial charge in [-0.1, -0.05) is 12.8 Å².